The molecule has 4 nitrogen and oxygen atoms in total. The number of esters is 1. The van der Waals surface area contributed by atoms with Gasteiger partial charge < -0.3 is 14.2 Å². The highest BCUT2D eigenvalue weighted by molar-refractivity contribution is 5.70. The van der Waals surface area contributed by atoms with E-state index in [2.05, 4.69) is 24.3 Å². The first-order chi connectivity index (χ1) is 13.7. The maximum absolute atomic E-state index is 11.8. The Morgan fingerprint density at radius 2 is 1.86 bits per heavy atom. The van der Waals surface area contributed by atoms with Crippen LogP contribution in [0, 0.1) is 11.8 Å². The molecule has 0 aliphatic heterocycles. The fourth-order valence-corrected chi connectivity index (χ4v) is 4.07. The van der Waals surface area contributed by atoms with Crippen LogP contribution in [0.3, 0.4) is 0 Å². The van der Waals surface area contributed by atoms with Gasteiger partial charge in [0.15, 0.2) is 0 Å². The van der Waals surface area contributed by atoms with E-state index in [-0.39, 0.29) is 11.9 Å². The van der Waals surface area contributed by atoms with Crippen LogP contribution in [0.1, 0.15) is 48.6 Å². The molecule has 2 aliphatic carbocycles. The minimum Gasteiger partial charge on any atom is -0.497 e. The highest BCUT2D eigenvalue weighted by atomic mass is 16.5. The third-order valence-electron chi connectivity index (χ3n) is 6.00. The topological polar surface area (TPSA) is 44.8 Å². The van der Waals surface area contributed by atoms with Gasteiger partial charge in [0.25, 0.3) is 0 Å². The normalized spacial score (nSPS) is 21.6. The lowest BCUT2D eigenvalue weighted by Crippen LogP contribution is -2.11. The predicted molar refractivity (Wildman–Crippen MR) is 108 cm³/mol. The number of hydrogen-bond acceptors (Lipinski definition) is 4. The van der Waals surface area contributed by atoms with Crippen LogP contribution in [0.25, 0.3) is 0 Å². The molecule has 2 aromatic rings. The molecule has 28 heavy (non-hydrogen) atoms. The van der Waals surface area contributed by atoms with Crippen LogP contribution < -0.4 is 9.47 Å². The van der Waals surface area contributed by atoms with Crippen LogP contribution in [-0.2, 0) is 9.53 Å². The van der Waals surface area contributed by atoms with Gasteiger partial charge in [0, 0.05) is 5.92 Å². The zero-order valence-electron chi connectivity index (χ0n) is 16.6. The van der Waals surface area contributed by atoms with Crippen molar-refractivity contribution >= 4 is 5.97 Å². The first kappa shape index (κ1) is 18.9. The number of benzene rings is 2. The van der Waals surface area contributed by atoms with Crippen LogP contribution in [-0.4, -0.2) is 26.8 Å². The Bertz CT molecular complexity index is 827. The molecule has 0 aromatic heterocycles. The number of ether oxygens (including phenoxy) is 3. The van der Waals surface area contributed by atoms with E-state index in [9.17, 15) is 4.79 Å². The van der Waals surface area contributed by atoms with Gasteiger partial charge in [-0.2, -0.15) is 0 Å². The zero-order chi connectivity index (χ0) is 19.5. The highest BCUT2D eigenvalue weighted by Crippen LogP contribution is 2.48. The molecule has 2 aromatic carbocycles. The van der Waals surface area contributed by atoms with E-state index >= 15 is 0 Å². The molecule has 0 heterocycles. The van der Waals surface area contributed by atoms with Crippen molar-refractivity contribution in [3.8, 4) is 11.5 Å². The Balaban J connectivity index is 1.36. The van der Waals surface area contributed by atoms with E-state index in [0.29, 0.717) is 24.2 Å². The Hall–Kier alpha value is -2.49. The van der Waals surface area contributed by atoms with Gasteiger partial charge in [0.1, 0.15) is 11.5 Å². The molecule has 0 saturated heterocycles. The smallest absolute Gasteiger partial charge is 0.306 e. The van der Waals surface area contributed by atoms with E-state index in [0.717, 1.165) is 24.5 Å². The summed E-state index contributed by atoms with van der Waals surface area (Å²) in [7, 11) is 3.16. The van der Waals surface area contributed by atoms with Crippen LogP contribution in [0.5, 0.6) is 11.5 Å². The van der Waals surface area contributed by atoms with Crippen LogP contribution in [0.2, 0.25) is 0 Å². The van der Waals surface area contributed by atoms with Gasteiger partial charge in [-0.3, -0.25) is 4.79 Å². The molecule has 2 aliphatic rings. The zero-order valence-corrected chi connectivity index (χ0v) is 16.6. The lowest BCUT2D eigenvalue weighted by molar-refractivity contribution is -0.141. The predicted octanol–water partition coefficient (Wildman–Crippen LogP) is 4.93. The molecular weight excluding hydrogens is 352 g/mol. The van der Waals surface area contributed by atoms with Crippen molar-refractivity contribution in [1.82, 2.24) is 0 Å². The second-order valence-corrected chi connectivity index (χ2v) is 7.99. The minimum absolute atomic E-state index is 0.137. The summed E-state index contributed by atoms with van der Waals surface area (Å²) >= 11 is 0. The molecule has 148 valence electrons. The molecule has 4 rings (SSSR count). The lowest BCUT2D eigenvalue weighted by atomic mass is 9.91. The van der Waals surface area contributed by atoms with Gasteiger partial charge in [-0.25, -0.2) is 0 Å². The fourth-order valence-electron chi connectivity index (χ4n) is 4.07. The Kier molecular flexibility index (Phi) is 5.56. The Labute approximate surface area is 166 Å². The first-order valence-corrected chi connectivity index (χ1v) is 10.1. The summed E-state index contributed by atoms with van der Waals surface area (Å²) in [6, 6.07) is 16.6. The first-order valence-electron chi connectivity index (χ1n) is 10.1. The second kappa shape index (κ2) is 8.26. The summed E-state index contributed by atoms with van der Waals surface area (Å²) in [5.74, 6) is 3.60. The molecule has 3 unspecified atom stereocenters. The van der Waals surface area contributed by atoms with E-state index < -0.39 is 0 Å². The summed E-state index contributed by atoms with van der Waals surface area (Å²) in [6.45, 7) is 0.719. The number of rotatable bonds is 9. The van der Waals surface area contributed by atoms with Crippen molar-refractivity contribution < 1.29 is 19.0 Å². The van der Waals surface area contributed by atoms with E-state index in [1.54, 1.807) is 7.11 Å². The molecule has 0 bridgehead atoms. The van der Waals surface area contributed by atoms with Gasteiger partial charge >= 0.3 is 5.97 Å². The second-order valence-electron chi connectivity index (χ2n) is 7.99. The molecule has 0 spiro atoms. The van der Waals surface area contributed by atoms with Gasteiger partial charge in [0.2, 0.25) is 0 Å². The summed E-state index contributed by atoms with van der Waals surface area (Å²) < 4.78 is 16.3. The molecule has 3 atom stereocenters. The number of hydrogen-bond donors (Lipinski definition) is 0. The molecule has 4 heteroatoms. The molecule has 0 amide bonds. The van der Waals surface area contributed by atoms with Crippen molar-refractivity contribution in [1.29, 1.82) is 0 Å². The average Bonchev–Trinajstić information content (AvgIpc) is 3.65. The van der Waals surface area contributed by atoms with E-state index in [4.69, 9.17) is 14.2 Å². The van der Waals surface area contributed by atoms with Crippen LogP contribution in [0.4, 0.5) is 0 Å². The van der Waals surface area contributed by atoms with Crippen LogP contribution in [0.15, 0.2) is 48.5 Å². The molecular formula is C24H28O4. The number of methoxy groups -OCH3 is 2. The Morgan fingerprint density at radius 1 is 1.07 bits per heavy atom. The van der Waals surface area contributed by atoms with Gasteiger partial charge in [-0.1, -0.05) is 24.3 Å². The molecule has 0 N–H and O–H groups in total. The van der Waals surface area contributed by atoms with E-state index in [1.165, 1.54) is 31.1 Å². The van der Waals surface area contributed by atoms with Crippen molar-refractivity contribution in [2.45, 2.75) is 37.5 Å². The van der Waals surface area contributed by atoms with Gasteiger partial charge in [-0.15, -0.1) is 0 Å². The average molecular weight is 380 g/mol. The fraction of sp³-hybridized carbons (Fsp3) is 0.458. The monoisotopic (exact) mass is 380 g/mol. The molecule has 2 fully saturated rings. The minimum atomic E-state index is -0.137. The van der Waals surface area contributed by atoms with E-state index in [1.807, 2.05) is 24.3 Å². The third kappa shape index (κ3) is 4.49. The van der Waals surface area contributed by atoms with Crippen LogP contribution >= 0.6 is 0 Å². The maximum atomic E-state index is 11.8. The standard InChI is InChI=1S/C24H28O4/c1-26-20-7-3-5-17(11-20)22-13-19(22)15-28-21-8-4-6-18(12-21)23(16-9-10-16)14-24(25)27-2/h3-8,11-12,16,19,22-23H,9-10,13-15H2,1-2H3. The highest BCUT2D eigenvalue weighted by Gasteiger charge is 2.39. The van der Waals surface area contributed by atoms with Crippen molar-refractivity contribution in [3.63, 3.8) is 0 Å². The largest absolute Gasteiger partial charge is 0.497 e. The van der Waals surface area contributed by atoms with Gasteiger partial charge in [-0.05, 0) is 72.4 Å². The summed E-state index contributed by atoms with van der Waals surface area (Å²) in [6.07, 6.45) is 3.99. The van der Waals surface area contributed by atoms with Crippen molar-refractivity contribution in [2.24, 2.45) is 11.8 Å². The summed E-state index contributed by atoms with van der Waals surface area (Å²) in [5.41, 5.74) is 2.51. The maximum Gasteiger partial charge on any atom is 0.306 e. The number of carbonyl (C=O) groups is 1. The van der Waals surface area contributed by atoms with Gasteiger partial charge in [0.05, 0.1) is 27.2 Å². The summed E-state index contributed by atoms with van der Waals surface area (Å²) in [4.78, 5) is 11.8. The number of carbonyl (C=O) groups excluding carboxylic acids is 1. The Morgan fingerprint density at radius 3 is 2.61 bits per heavy atom. The lowest BCUT2D eigenvalue weighted by Gasteiger charge is -2.17. The SMILES string of the molecule is COC(=O)CC(c1cccc(OCC2CC2c2cccc(OC)c2)c1)C1CC1. The third-order valence-corrected chi connectivity index (χ3v) is 6.00. The van der Waals surface area contributed by atoms with Crippen molar-refractivity contribution in [3.05, 3.63) is 59.7 Å². The molecule has 0 radical (unpaired) electrons. The summed E-state index contributed by atoms with van der Waals surface area (Å²) in [5, 5.41) is 0. The van der Waals surface area contributed by atoms with Crippen molar-refractivity contribution in [2.75, 3.05) is 20.8 Å². The molecule has 2 saturated carbocycles. The quantitative estimate of drug-likeness (QED) is 0.578.